The summed E-state index contributed by atoms with van der Waals surface area (Å²) in [5, 5.41) is 9.52. The Morgan fingerprint density at radius 1 is 1.09 bits per heavy atom. The predicted octanol–water partition coefficient (Wildman–Crippen LogP) is 2.47. The Morgan fingerprint density at radius 3 is 2.61 bits per heavy atom. The third kappa shape index (κ3) is 3.79. The number of hydrogen-bond donors (Lipinski definition) is 2. The second-order valence-electron chi connectivity index (χ2n) is 5.02. The van der Waals surface area contributed by atoms with Crippen molar-refractivity contribution in [2.75, 3.05) is 0 Å². The summed E-state index contributed by atoms with van der Waals surface area (Å²) < 4.78 is 13.5. The zero-order valence-electron chi connectivity index (χ0n) is 12.3. The molecule has 0 bridgehead atoms. The van der Waals surface area contributed by atoms with Crippen LogP contribution in [0.5, 0.6) is 0 Å². The molecule has 0 aliphatic carbocycles. The molecule has 1 aromatic heterocycles. The van der Waals surface area contributed by atoms with Gasteiger partial charge in [0.2, 0.25) is 5.91 Å². The van der Waals surface area contributed by atoms with Gasteiger partial charge < -0.3 is 5.32 Å². The van der Waals surface area contributed by atoms with E-state index < -0.39 is 0 Å². The van der Waals surface area contributed by atoms with Crippen LogP contribution in [-0.4, -0.2) is 21.1 Å². The number of nitrogens with one attached hydrogen (secondary N) is 2. The molecule has 116 valence electrons. The maximum absolute atomic E-state index is 13.5. The van der Waals surface area contributed by atoms with Crippen LogP contribution in [0.2, 0.25) is 0 Å². The summed E-state index contributed by atoms with van der Waals surface area (Å²) in [5.41, 5.74) is 1.32. The van der Waals surface area contributed by atoms with Crippen molar-refractivity contribution >= 4 is 5.91 Å². The third-order valence-corrected chi connectivity index (χ3v) is 3.33. The van der Waals surface area contributed by atoms with Crippen LogP contribution in [-0.2, 0) is 17.8 Å². The number of carbonyl (C=O) groups is 1. The number of nitrogens with zero attached hydrogens (tertiary/aromatic N) is 2. The molecule has 6 heteroatoms. The van der Waals surface area contributed by atoms with Gasteiger partial charge >= 0.3 is 0 Å². The van der Waals surface area contributed by atoms with Crippen LogP contribution in [0.1, 0.15) is 11.4 Å². The van der Waals surface area contributed by atoms with E-state index >= 15 is 0 Å². The fourth-order valence-electron chi connectivity index (χ4n) is 2.14. The topological polar surface area (TPSA) is 70.7 Å². The Labute approximate surface area is 132 Å². The van der Waals surface area contributed by atoms with Crippen LogP contribution in [0, 0.1) is 5.82 Å². The first-order chi connectivity index (χ1) is 11.2. The number of hydrogen-bond acceptors (Lipinski definition) is 3. The van der Waals surface area contributed by atoms with Gasteiger partial charge in [0.1, 0.15) is 11.6 Å². The average molecular weight is 310 g/mol. The molecular weight excluding hydrogens is 295 g/mol. The van der Waals surface area contributed by atoms with Crippen molar-refractivity contribution in [3.8, 4) is 11.4 Å². The van der Waals surface area contributed by atoms with E-state index in [1.807, 2.05) is 30.3 Å². The van der Waals surface area contributed by atoms with Crippen molar-refractivity contribution < 1.29 is 9.18 Å². The maximum Gasteiger partial charge on any atom is 0.227 e. The van der Waals surface area contributed by atoms with Crippen molar-refractivity contribution in [3.05, 3.63) is 71.8 Å². The molecular formula is C17H15FN4O. The van der Waals surface area contributed by atoms with E-state index in [1.54, 1.807) is 18.2 Å². The lowest BCUT2D eigenvalue weighted by molar-refractivity contribution is -0.120. The second-order valence-corrected chi connectivity index (χ2v) is 5.02. The van der Waals surface area contributed by atoms with Gasteiger partial charge in [0.15, 0.2) is 5.82 Å². The monoisotopic (exact) mass is 310 g/mol. The number of benzene rings is 2. The Bertz CT molecular complexity index is 801. The molecule has 1 heterocycles. The molecule has 0 spiro atoms. The first-order valence-corrected chi connectivity index (χ1v) is 7.19. The summed E-state index contributed by atoms with van der Waals surface area (Å²) in [6, 6.07) is 15.8. The highest BCUT2D eigenvalue weighted by molar-refractivity contribution is 5.77. The lowest BCUT2D eigenvalue weighted by Gasteiger charge is -2.04. The Balaban J connectivity index is 1.58. The van der Waals surface area contributed by atoms with E-state index in [2.05, 4.69) is 20.5 Å². The van der Waals surface area contributed by atoms with E-state index in [9.17, 15) is 9.18 Å². The minimum Gasteiger partial charge on any atom is -0.352 e. The second kappa shape index (κ2) is 6.83. The minimum atomic E-state index is -0.334. The molecule has 3 aromatic rings. The lowest BCUT2D eigenvalue weighted by Crippen LogP contribution is -2.25. The summed E-state index contributed by atoms with van der Waals surface area (Å²) in [6.07, 6.45) is 0.0638. The number of aromatic nitrogens is 3. The highest BCUT2D eigenvalue weighted by Gasteiger charge is 2.10. The molecule has 0 unspecified atom stereocenters. The zero-order chi connectivity index (χ0) is 16.1. The Hall–Kier alpha value is -3.02. The van der Waals surface area contributed by atoms with Crippen LogP contribution in [0.25, 0.3) is 11.4 Å². The molecule has 5 nitrogen and oxygen atoms in total. The Kier molecular flexibility index (Phi) is 4.42. The molecule has 23 heavy (non-hydrogen) atoms. The molecule has 0 atom stereocenters. The van der Waals surface area contributed by atoms with Crippen LogP contribution in [0.3, 0.4) is 0 Å². The summed E-state index contributed by atoms with van der Waals surface area (Å²) in [4.78, 5) is 16.2. The molecule has 0 fully saturated rings. The van der Waals surface area contributed by atoms with Crippen molar-refractivity contribution in [3.63, 3.8) is 0 Å². The molecule has 0 radical (unpaired) electrons. The molecule has 0 saturated heterocycles. The molecule has 1 amide bonds. The summed E-state index contributed by atoms with van der Waals surface area (Å²) in [7, 11) is 0. The highest BCUT2D eigenvalue weighted by Crippen LogP contribution is 2.13. The molecule has 2 N–H and O–H groups in total. The molecule has 3 rings (SSSR count). The number of aromatic amines is 1. The SMILES string of the molecule is O=C(Cc1nc(-c2ccccc2)n[nH]1)NCc1ccccc1F. The van der Waals surface area contributed by atoms with E-state index in [1.165, 1.54) is 6.07 Å². The van der Waals surface area contributed by atoms with Crippen LogP contribution in [0.15, 0.2) is 54.6 Å². The maximum atomic E-state index is 13.5. The quantitative estimate of drug-likeness (QED) is 0.760. The highest BCUT2D eigenvalue weighted by atomic mass is 19.1. The smallest absolute Gasteiger partial charge is 0.227 e. The van der Waals surface area contributed by atoms with Crippen molar-refractivity contribution in [1.82, 2.24) is 20.5 Å². The fourth-order valence-corrected chi connectivity index (χ4v) is 2.14. The third-order valence-electron chi connectivity index (χ3n) is 3.33. The van der Waals surface area contributed by atoms with Gasteiger partial charge in [-0.2, -0.15) is 5.10 Å². The predicted molar refractivity (Wildman–Crippen MR) is 83.8 cm³/mol. The van der Waals surface area contributed by atoms with E-state index in [0.717, 1.165) is 5.56 Å². The Morgan fingerprint density at radius 2 is 1.83 bits per heavy atom. The number of H-pyrrole nitrogens is 1. The number of rotatable bonds is 5. The van der Waals surface area contributed by atoms with Crippen molar-refractivity contribution in [2.24, 2.45) is 0 Å². The molecule has 0 saturated carbocycles. The molecule has 2 aromatic carbocycles. The van der Waals surface area contributed by atoms with Crippen molar-refractivity contribution in [1.29, 1.82) is 0 Å². The summed E-state index contributed by atoms with van der Waals surface area (Å²) >= 11 is 0. The van der Waals surface area contributed by atoms with Gasteiger partial charge in [-0.3, -0.25) is 9.89 Å². The summed E-state index contributed by atoms with van der Waals surface area (Å²) in [6.45, 7) is 0.144. The van der Waals surface area contributed by atoms with Gasteiger partial charge in [-0.15, -0.1) is 0 Å². The zero-order valence-corrected chi connectivity index (χ0v) is 12.3. The van der Waals surface area contributed by atoms with Gasteiger partial charge in [-0.1, -0.05) is 48.5 Å². The number of carbonyl (C=O) groups excluding carboxylic acids is 1. The van der Waals surface area contributed by atoms with E-state index in [0.29, 0.717) is 17.2 Å². The molecule has 0 aliphatic heterocycles. The van der Waals surface area contributed by atoms with E-state index in [-0.39, 0.29) is 24.7 Å². The van der Waals surface area contributed by atoms with Crippen LogP contribution >= 0.6 is 0 Å². The average Bonchev–Trinajstić information content (AvgIpc) is 3.03. The van der Waals surface area contributed by atoms with Gasteiger partial charge in [-0.05, 0) is 6.07 Å². The first kappa shape index (κ1) is 14.9. The van der Waals surface area contributed by atoms with Gasteiger partial charge in [-0.25, -0.2) is 9.37 Å². The van der Waals surface area contributed by atoms with Gasteiger partial charge in [0.05, 0.1) is 6.42 Å². The van der Waals surface area contributed by atoms with Crippen molar-refractivity contribution in [2.45, 2.75) is 13.0 Å². The normalized spacial score (nSPS) is 10.5. The standard InChI is InChI=1S/C17H15FN4O/c18-14-9-5-4-8-13(14)11-19-16(23)10-15-20-17(22-21-15)12-6-2-1-3-7-12/h1-9H,10-11H2,(H,19,23)(H,20,21,22). The minimum absolute atomic E-state index is 0.0638. The largest absolute Gasteiger partial charge is 0.352 e. The van der Waals surface area contributed by atoms with Gasteiger partial charge in [0, 0.05) is 17.7 Å². The van der Waals surface area contributed by atoms with Crippen LogP contribution < -0.4 is 5.32 Å². The van der Waals surface area contributed by atoms with Gasteiger partial charge in [0.25, 0.3) is 0 Å². The fraction of sp³-hybridized carbons (Fsp3) is 0.118. The molecule has 0 aliphatic rings. The first-order valence-electron chi connectivity index (χ1n) is 7.19. The number of halogens is 1. The van der Waals surface area contributed by atoms with Crippen LogP contribution in [0.4, 0.5) is 4.39 Å². The number of amides is 1. The lowest BCUT2D eigenvalue weighted by atomic mass is 10.2. The summed E-state index contributed by atoms with van der Waals surface area (Å²) in [5.74, 6) is 0.431. The van der Waals surface area contributed by atoms with E-state index in [4.69, 9.17) is 0 Å².